The number of carbonyl (C=O) groups excluding carboxylic acids is 2. The highest BCUT2D eigenvalue weighted by atomic mass is 32.3. The molecule has 4 aliphatic rings. The van der Waals surface area contributed by atoms with Crippen LogP contribution < -0.4 is 16.4 Å². The van der Waals surface area contributed by atoms with Gasteiger partial charge in [-0.05, 0) is 25.8 Å². The first-order valence-electron chi connectivity index (χ1n) is 20.1. The predicted molar refractivity (Wildman–Crippen MR) is 205 cm³/mol. The van der Waals surface area contributed by atoms with E-state index in [9.17, 15) is 72.4 Å². The maximum absolute atomic E-state index is 12.5. The molecule has 0 aromatic rings. The molecule has 0 aliphatic carbocycles. The Morgan fingerprint density at radius 3 is 1.35 bits per heavy atom. The largest absolute Gasteiger partial charge is 0.397 e. The normalized spacial score (nSPS) is 40.6. The number of aliphatic hydroxyl groups excluding tert-OH is 9. The van der Waals surface area contributed by atoms with Crippen molar-refractivity contribution in [2.45, 2.75) is 156 Å². The fourth-order valence-electron chi connectivity index (χ4n) is 7.27. The van der Waals surface area contributed by atoms with Gasteiger partial charge >= 0.3 is 20.8 Å². The van der Waals surface area contributed by atoms with Crippen molar-refractivity contribution in [2.24, 2.45) is 5.73 Å². The van der Waals surface area contributed by atoms with Crippen LogP contribution in [0, 0.1) is 0 Å². The van der Waals surface area contributed by atoms with Gasteiger partial charge in [0.25, 0.3) is 0 Å². The summed E-state index contributed by atoms with van der Waals surface area (Å²) in [4.78, 5) is 25.0. The molecule has 2 amide bonds. The Bertz CT molecular complexity index is 1740. The van der Waals surface area contributed by atoms with Crippen LogP contribution in [0.5, 0.6) is 0 Å². The maximum Gasteiger partial charge on any atom is 0.397 e. The minimum Gasteiger partial charge on any atom is -0.394 e. The van der Waals surface area contributed by atoms with Gasteiger partial charge in [-0.25, -0.2) is 8.37 Å². The smallest absolute Gasteiger partial charge is 0.394 e. The number of nitrogens with one attached hydrogen (secondary N) is 2. The van der Waals surface area contributed by atoms with Gasteiger partial charge in [-0.2, -0.15) is 16.8 Å². The molecular weight excluding hydrogens is 934 g/mol. The lowest BCUT2D eigenvalue weighted by Gasteiger charge is -2.49. The summed E-state index contributed by atoms with van der Waals surface area (Å²) < 4.78 is 118. The highest BCUT2D eigenvalue weighted by Crippen LogP contribution is 2.33. The number of nitrogens with two attached hydrogens (primary N) is 1. The Kier molecular flexibility index (Phi) is 20.9. The molecule has 0 aromatic carbocycles. The van der Waals surface area contributed by atoms with E-state index in [2.05, 4.69) is 19.0 Å². The first kappa shape index (κ1) is 55.6. The van der Waals surface area contributed by atoms with E-state index >= 15 is 0 Å². The van der Waals surface area contributed by atoms with E-state index in [0.717, 1.165) is 13.8 Å². The number of hydrogen-bond donors (Lipinski definition) is 14. The second kappa shape index (κ2) is 24.5. The first-order chi connectivity index (χ1) is 30.4. The van der Waals surface area contributed by atoms with Crippen molar-refractivity contribution in [3.05, 3.63) is 0 Å². The molecule has 4 fully saturated rings. The number of amides is 2. The van der Waals surface area contributed by atoms with Crippen LogP contribution in [-0.2, 0) is 76.6 Å². The van der Waals surface area contributed by atoms with Gasteiger partial charge in [-0.1, -0.05) is 0 Å². The zero-order chi connectivity index (χ0) is 48.6. The van der Waals surface area contributed by atoms with Crippen LogP contribution in [0.4, 0.5) is 0 Å². The molecule has 380 valence electrons. The number of hydrogen-bond acceptors (Lipinski definition) is 26. The van der Waals surface area contributed by atoms with E-state index in [1.54, 1.807) is 0 Å². The van der Waals surface area contributed by atoms with Crippen molar-refractivity contribution in [3.8, 4) is 0 Å². The lowest BCUT2D eigenvalue weighted by molar-refractivity contribution is -0.355. The maximum atomic E-state index is 12.5. The molecule has 15 N–H and O–H groups in total. The molecule has 32 heteroatoms. The van der Waals surface area contributed by atoms with Crippen LogP contribution in [0.15, 0.2) is 0 Å². The monoisotopic (exact) mass is 993 g/mol. The van der Waals surface area contributed by atoms with Crippen molar-refractivity contribution >= 4 is 32.6 Å². The van der Waals surface area contributed by atoms with Gasteiger partial charge in [0, 0.05) is 20.5 Å². The molecule has 0 unspecified atom stereocenters. The molecule has 4 heterocycles. The standard InChI is InChI=1S/C33H59N3O27S2/c1-12(38)35-18-29(63-33-27(47)25(45)21(41)17(61-33)11-57-65(51,52)53)23(43)15(59-30(18)54-7-5-3-4-6-34)9-55-31-19(36-13(2)39)28(22(42)14(8-37)58-31)62-32-26(46)24(44)20(40)16(60-32)10-56-64(48,49)50/h14-33,37,40-47H,3-11,34H2,1-2H3,(H,35,38)(H,36,39)(H,48,49,50)(H,51,52,53)/t14-,15-,16-,17-,18-,19-,20-,21-,22+,23+,24+,25+,26-,27-,28-,29-,30-,31-,32+,33+/m1/s1. The average Bonchev–Trinajstić information content (AvgIpc) is 3.22. The topological polar surface area (TPSA) is 467 Å². The zero-order valence-corrected chi connectivity index (χ0v) is 36.4. The summed E-state index contributed by atoms with van der Waals surface area (Å²) in [5, 5.41) is 102. The van der Waals surface area contributed by atoms with Gasteiger partial charge in [-0.15, -0.1) is 0 Å². The minimum absolute atomic E-state index is 0.0330. The van der Waals surface area contributed by atoms with Crippen molar-refractivity contribution in [1.82, 2.24) is 10.6 Å². The predicted octanol–water partition coefficient (Wildman–Crippen LogP) is -8.65. The van der Waals surface area contributed by atoms with E-state index < -0.39 is 182 Å². The summed E-state index contributed by atoms with van der Waals surface area (Å²) in [5.74, 6) is -1.52. The molecule has 4 saturated heterocycles. The van der Waals surface area contributed by atoms with E-state index in [4.69, 9.17) is 52.7 Å². The number of carbonyl (C=O) groups is 2. The van der Waals surface area contributed by atoms with Crippen LogP contribution in [0.25, 0.3) is 0 Å². The quantitative estimate of drug-likeness (QED) is 0.0354. The molecule has 0 saturated carbocycles. The summed E-state index contributed by atoms with van der Waals surface area (Å²) in [6.07, 6.45) is -32.5. The van der Waals surface area contributed by atoms with E-state index in [1.165, 1.54) is 0 Å². The van der Waals surface area contributed by atoms with Crippen LogP contribution >= 0.6 is 0 Å². The molecule has 0 aromatic heterocycles. The van der Waals surface area contributed by atoms with Gasteiger partial charge in [0.15, 0.2) is 25.2 Å². The molecule has 20 atom stereocenters. The van der Waals surface area contributed by atoms with Crippen molar-refractivity contribution in [3.63, 3.8) is 0 Å². The number of unbranched alkanes of at least 4 members (excludes halogenated alkanes) is 2. The molecule has 30 nitrogen and oxygen atoms in total. The summed E-state index contributed by atoms with van der Waals surface area (Å²) in [5.41, 5.74) is 5.59. The van der Waals surface area contributed by atoms with E-state index in [-0.39, 0.29) is 6.61 Å². The Labute approximate surface area is 371 Å². The highest BCUT2D eigenvalue weighted by molar-refractivity contribution is 7.81. The average molecular weight is 994 g/mol. The second-order valence-corrected chi connectivity index (χ2v) is 17.6. The molecule has 65 heavy (non-hydrogen) atoms. The number of aliphatic hydroxyl groups is 9. The fraction of sp³-hybridized carbons (Fsp3) is 0.939. The molecular formula is C33H59N3O27S2. The lowest BCUT2D eigenvalue weighted by Crippen LogP contribution is -2.69. The van der Waals surface area contributed by atoms with Gasteiger partial charge in [0.05, 0.1) is 26.4 Å². The molecule has 4 rings (SSSR count). The summed E-state index contributed by atoms with van der Waals surface area (Å²) >= 11 is 0. The molecule has 4 aliphatic heterocycles. The Balaban J connectivity index is 1.64. The van der Waals surface area contributed by atoms with E-state index in [0.29, 0.717) is 25.8 Å². The van der Waals surface area contributed by atoms with E-state index in [1.807, 2.05) is 0 Å². The van der Waals surface area contributed by atoms with Crippen molar-refractivity contribution in [2.75, 3.05) is 39.6 Å². The van der Waals surface area contributed by atoms with Gasteiger partial charge < -0.3 is 100 Å². The minimum atomic E-state index is -5.10. The molecule has 0 radical (unpaired) electrons. The van der Waals surface area contributed by atoms with Gasteiger partial charge in [0.2, 0.25) is 11.8 Å². The second-order valence-electron chi connectivity index (χ2n) is 15.4. The van der Waals surface area contributed by atoms with Crippen LogP contribution in [0.2, 0.25) is 0 Å². The Morgan fingerprint density at radius 1 is 0.538 bits per heavy atom. The Hall–Kier alpha value is -2.04. The van der Waals surface area contributed by atoms with Crippen LogP contribution in [0.1, 0.15) is 33.1 Å². The molecule has 0 bridgehead atoms. The third kappa shape index (κ3) is 15.5. The summed E-state index contributed by atoms with van der Waals surface area (Å²) in [7, 11) is -10.2. The Morgan fingerprint density at radius 2 is 0.938 bits per heavy atom. The SMILES string of the molecule is CC(=O)N[C@H]1[C@H](OC[C@H]2O[C@@H](OCCCCCN)[C@H](NC(C)=O)[C@@H](O[C@@H]3O[C@H](COS(=O)(=O)O)[C@@H](O)[C@H](O)[C@H]3O)[C@H]2O)O[C@H](CO)[C@H](O)[C@@H]1O[C@@H]1O[C@H](COS(=O)(=O)O)[C@@H](O)[C@H](O)[C@H]1O. The number of ether oxygens (including phenoxy) is 8. The third-order valence-electron chi connectivity index (χ3n) is 10.5. The zero-order valence-electron chi connectivity index (χ0n) is 34.8. The van der Waals surface area contributed by atoms with Gasteiger partial charge in [0.1, 0.15) is 97.5 Å². The van der Waals surface area contributed by atoms with Crippen molar-refractivity contribution in [1.29, 1.82) is 0 Å². The third-order valence-corrected chi connectivity index (χ3v) is 11.4. The van der Waals surface area contributed by atoms with Gasteiger partial charge in [-0.3, -0.25) is 18.7 Å². The first-order valence-corrected chi connectivity index (χ1v) is 22.8. The summed E-state index contributed by atoms with van der Waals surface area (Å²) in [6, 6.07) is -3.11. The van der Waals surface area contributed by atoms with Crippen LogP contribution in [-0.4, -0.2) is 246 Å². The lowest BCUT2D eigenvalue weighted by atomic mass is 9.94. The molecule has 0 spiro atoms. The van der Waals surface area contributed by atoms with Crippen LogP contribution in [0.3, 0.4) is 0 Å². The van der Waals surface area contributed by atoms with Crippen molar-refractivity contribution < 1.29 is 128 Å². The highest BCUT2D eigenvalue weighted by Gasteiger charge is 2.55. The fourth-order valence-corrected chi connectivity index (χ4v) is 7.88. The number of rotatable bonds is 22. The summed E-state index contributed by atoms with van der Waals surface area (Å²) in [6.45, 7) is -1.49.